The first-order valence-electron chi connectivity index (χ1n) is 9.63. The van der Waals surface area contributed by atoms with Crippen molar-refractivity contribution < 1.29 is 22.3 Å². The Morgan fingerprint density at radius 1 is 1.16 bits per heavy atom. The Bertz CT molecular complexity index is 1270. The SMILES string of the molecule is C[C@@H]1CN(c2ccnc(-c3cnc4cnc(C(F)(F)F)cn34)n2)C[C@@H](c2c[nH]nc2F)O1. The van der Waals surface area contributed by atoms with Crippen molar-refractivity contribution in [2.24, 2.45) is 0 Å². The van der Waals surface area contributed by atoms with E-state index in [4.69, 9.17) is 4.74 Å². The van der Waals surface area contributed by atoms with E-state index in [0.29, 0.717) is 24.5 Å². The second-order valence-electron chi connectivity index (χ2n) is 7.35. The molecule has 166 valence electrons. The third-order valence-corrected chi connectivity index (χ3v) is 5.11. The van der Waals surface area contributed by atoms with Crippen LogP contribution in [0.15, 0.2) is 37.1 Å². The van der Waals surface area contributed by atoms with Gasteiger partial charge in [-0.3, -0.25) is 9.50 Å². The summed E-state index contributed by atoms with van der Waals surface area (Å²) in [5.41, 5.74) is -0.219. The number of hydrogen-bond donors (Lipinski definition) is 1. The smallest absolute Gasteiger partial charge is 0.367 e. The van der Waals surface area contributed by atoms with Crippen LogP contribution >= 0.6 is 0 Å². The largest absolute Gasteiger partial charge is 0.434 e. The van der Waals surface area contributed by atoms with Crippen molar-refractivity contribution in [1.82, 2.24) is 34.5 Å². The van der Waals surface area contributed by atoms with E-state index in [9.17, 15) is 17.6 Å². The van der Waals surface area contributed by atoms with Crippen LogP contribution in [0.3, 0.4) is 0 Å². The molecule has 0 aliphatic carbocycles. The number of ether oxygens (including phenoxy) is 1. The number of H-pyrrole nitrogens is 1. The van der Waals surface area contributed by atoms with Crippen LogP contribution in [0.2, 0.25) is 0 Å². The average molecular weight is 448 g/mol. The molecule has 1 saturated heterocycles. The molecule has 9 nitrogen and oxygen atoms in total. The van der Waals surface area contributed by atoms with Crippen molar-refractivity contribution >= 4 is 11.5 Å². The van der Waals surface area contributed by atoms with Gasteiger partial charge in [0.05, 0.1) is 30.6 Å². The summed E-state index contributed by atoms with van der Waals surface area (Å²) in [6, 6.07) is 1.68. The highest BCUT2D eigenvalue weighted by Gasteiger charge is 2.33. The van der Waals surface area contributed by atoms with E-state index in [2.05, 4.69) is 30.1 Å². The second kappa shape index (κ2) is 7.51. The van der Waals surface area contributed by atoms with Crippen molar-refractivity contribution in [3.63, 3.8) is 0 Å². The molecule has 1 N–H and O–H groups in total. The van der Waals surface area contributed by atoms with E-state index in [1.165, 1.54) is 23.0 Å². The van der Waals surface area contributed by atoms with Gasteiger partial charge in [-0.1, -0.05) is 0 Å². The molecule has 5 rings (SSSR count). The summed E-state index contributed by atoms with van der Waals surface area (Å²) < 4.78 is 60.4. The number of hydrogen-bond acceptors (Lipinski definition) is 7. The third kappa shape index (κ3) is 3.64. The molecular weight excluding hydrogens is 432 g/mol. The molecule has 13 heteroatoms. The summed E-state index contributed by atoms with van der Waals surface area (Å²) in [7, 11) is 0. The van der Waals surface area contributed by atoms with E-state index in [0.717, 1.165) is 12.4 Å². The number of halogens is 4. The van der Waals surface area contributed by atoms with Crippen molar-refractivity contribution in [3.05, 3.63) is 54.3 Å². The molecule has 0 spiro atoms. The predicted molar refractivity (Wildman–Crippen MR) is 103 cm³/mol. The number of aromatic amines is 1. The van der Waals surface area contributed by atoms with Gasteiger partial charge in [0.1, 0.15) is 17.6 Å². The van der Waals surface area contributed by atoms with Crippen molar-refractivity contribution in [1.29, 1.82) is 0 Å². The third-order valence-electron chi connectivity index (χ3n) is 5.11. The number of rotatable bonds is 3. The molecule has 0 aromatic carbocycles. The Labute approximate surface area is 178 Å². The average Bonchev–Trinajstić information content (AvgIpc) is 3.38. The molecule has 32 heavy (non-hydrogen) atoms. The van der Waals surface area contributed by atoms with Crippen LogP contribution in [-0.2, 0) is 10.9 Å². The zero-order valence-electron chi connectivity index (χ0n) is 16.6. The Hall–Kier alpha value is -3.61. The number of fused-ring (bicyclic) bond motifs is 1. The van der Waals surface area contributed by atoms with Crippen LogP contribution in [-0.4, -0.2) is 53.7 Å². The predicted octanol–water partition coefficient (Wildman–Crippen LogP) is 3.03. The fourth-order valence-electron chi connectivity index (χ4n) is 3.67. The maximum Gasteiger partial charge on any atom is 0.434 e. The molecule has 1 aliphatic rings. The zero-order valence-corrected chi connectivity index (χ0v) is 16.6. The highest BCUT2D eigenvalue weighted by Crippen LogP contribution is 2.31. The quantitative estimate of drug-likeness (QED) is 0.481. The topological polar surface area (TPSA) is 97.1 Å². The fourth-order valence-corrected chi connectivity index (χ4v) is 3.67. The number of nitrogens with zero attached hydrogens (tertiary/aromatic N) is 7. The second-order valence-corrected chi connectivity index (χ2v) is 7.35. The fraction of sp³-hybridized carbons (Fsp3) is 0.316. The molecular formula is C19H16F4N8O. The van der Waals surface area contributed by atoms with Crippen LogP contribution in [0.5, 0.6) is 0 Å². The maximum absolute atomic E-state index is 13.9. The van der Waals surface area contributed by atoms with Crippen molar-refractivity contribution in [2.45, 2.75) is 25.3 Å². The number of alkyl halides is 3. The van der Waals surface area contributed by atoms with E-state index in [1.54, 1.807) is 6.07 Å². The number of imidazole rings is 1. The minimum absolute atomic E-state index is 0.194. The first kappa shape index (κ1) is 20.3. The Kier molecular flexibility index (Phi) is 4.77. The van der Waals surface area contributed by atoms with Crippen LogP contribution in [0.1, 0.15) is 24.3 Å². The van der Waals surface area contributed by atoms with Gasteiger partial charge in [-0.15, -0.1) is 5.10 Å². The van der Waals surface area contributed by atoms with Crippen molar-refractivity contribution in [3.8, 4) is 11.5 Å². The van der Waals surface area contributed by atoms with Crippen LogP contribution < -0.4 is 4.90 Å². The van der Waals surface area contributed by atoms with Gasteiger partial charge in [0.25, 0.3) is 0 Å². The standard InChI is InChI=1S/C19H16F4N8O/c1-10-7-30(8-13(32-10)11-4-27-29-17(11)20)15-2-3-24-18(28-15)12-5-26-16-6-25-14(9-31(12)16)19(21,22)23/h2-6,9-10,13H,7-8H2,1H3,(H,27,29)/t10-,13+/m1/s1. The Morgan fingerprint density at radius 3 is 2.75 bits per heavy atom. The zero-order chi connectivity index (χ0) is 22.5. The number of aromatic nitrogens is 7. The van der Waals surface area contributed by atoms with E-state index < -0.39 is 23.9 Å². The summed E-state index contributed by atoms with van der Waals surface area (Å²) in [6.07, 6.45) is 0.876. The summed E-state index contributed by atoms with van der Waals surface area (Å²) in [5, 5.41) is 5.99. The highest BCUT2D eigenvalue weighted by atomic mass is 19.4. The molecule has 0 unspecified atom stereocenters. The lowest BCUT2D eigenvalue weighted by Gasteiger charge is -2.37. The first-order chi connectivity index (χ1) is 15.3. The van der Waals surface area contributed by atoms with E-state index in [1.807, 2.05) is 11.8 Å². The lowest BCUT2D eigenvalue weighted by Crippen LogP contribution is -2.43. The van der Waals surface area contributed by atoms with Crippen LogP contribution in [0.4, 0.5) is 23.4 Å². The molecule has 1 fully saturated rings. The number of morpholine rings is 1. The van der Waals surface area contributed by atoms with Crippen LogP contribution in [0, 0.1) is 5.95 Å². The molecule has 0 amide bonds. The molecule has 2 atom stereocenters. The van der Waals surface area contributed by atoms with E-state index >= 15 is 0 Å². The van der Waals surface area contributed by atoms with Crippen molar-refractivity contribution in [2.75, 3.05) is 18.0 Å². The number of anilines is 1. The van der Waals surface area contributed by atoms with Gasteiger partial charge in [-0.25, -0.2) is 19.9 Å². The minimum Gasteiger partial charge on any atom is -0.367 e. The molecule has 4 aromatic heterocycles. The molecule has 0 saturated carbocycles. The Morgan fingerprint density at radius 2 is 2.00 bits per heavy atom. The minimum atomic E-state index is -4.60. The lowest BCUT2D eigenvalue weighted by molar-refractivity contribution is -0.141. The maximum atomic E-state index is 13.9. The number of nitrogens with one attached hydrogen (secondary N) is 1. The van der Waals surface area contributed by atoms with Gasteiger partial charge >= 0.3 is 6.18 Å². The molecule has 0 radical (unpaired) electrons. The van der Waals surface area contributed by atoms with Gasteiger partial charge in [0.2, 0.25) is 5.95 Å². The first-order valence-corrected chi connectivity index (χ1v) is 9.63. The summed E-state index contributed by atoms with van der Waals surface area (Å²) in [5.74, 6) is 0.0887. The van der Waals surface area contributed by atoms with Gasteiger partial charge in [-0.05, 0) is 13.0 Å². The summed E-state index contributed by atoms with van der Waals surface area (Å²) in [4.78, 5) is 18.2. The van der Waals surface area contributed by atoms with Gasteiger partial charge in [0.15, 0.2) is 17.2 Å². The molecule has 5 heterocycles. The van der Waals surface area contributed by atoms with Gasteiger partial charge in [-0.2, -0.15) is 17.6 Å². The Balaban J connectivity index is 1.49. The monoisotopic (exact) mass is 448 g/mol. The molecule has 0 bridgehead atoms. The summed E-state index contributed by atoms with van der Waals surface area (Å²) >= 11 is 0. The van der Waals surface area contributed by atoms with Crippen LogP contribution in [0.25, 0.3) is 17.2 Å². The molecule has 4 aromatic rings. The van der Waals surface area contributed by atoms with Gasteiger partial charge < -0.3 is 9.64 Å². The van der Waals surface area contributed by atoms with E-state index in [-0.39, 0.29) is 23.3 Å². The normalized spacial score (nSPS) is 19.6. The van der Waals surface area contributed by atoms with Gasteiger partial charge in [0, 0.05) is 25.1 Å². The lowest BCUT2D eigenvalue weighted by atomic mass is 10.1. The molecule has 1 aliphatic heterocycles. The highest BCUT2D eigenvalue weighted by molar-refractivity contribution is 5.58. The summed E-state index contributed by atoms with van der Waals surface area (Å²) in [6.45, 7) is 2.66.